The molecule has 4 heteroatoms. The highest BCUT2D eigenvalue weighted by Gasteiger charge is 2.15. The monoisotopic (exact) mass is 168 g/mol. The van der Waals surface area contributed by atoms with Crippen LogP contribution in [0.25, 0.3) is 0 Å². The minimum atomic E-state index is 0.602. The van der Waals surface area contributed by atoms with Crippen molar-refractivity contribution in [1.29, 1.82) is 0 Å². The molecule has 0 amide bonds. The highest BCUT2D eigenvalue weighted by Crippen LogP contribution is 2.30. The van der Waals surface area contributed by atoms with E-state index < -0.39 is 0 Å². The standard InChI is InChI=1S/C8H12N2O2/c9-2-1-6-5-7-8(12-6)11-4-3-10-7/h5,10H,1-4,9H2. The second-order valence-corrected chi connectivity index (χ2v) is 2.73. The average molecular weight is 168 g/mol. The maximum Gasteiger partial charge on any atom is 0.309 e. The lowest BCUT2D eigenvalue weighted by atomic mass is 10.3. The van der Waals surface area contributed by atoms with Crippen LogP contribution in [0.2, 0.25) is 0 Å². The van der Waals surface area contributed by atoms with Crippen molar-refractivity contribution >= 4 is 5.69 Å². The average Bonchev–Trinajstić information content (AvgIpc) is 2.47. The van der Waals surface area contributed by atoms with Crippen LogP contribution < -0.4 is 15.8 Å². The molecule has 3 N–H and O–H groups in total. The number of nitrogens with one attached hydrogen (secondary N) is 1. The third-order valence-corrected chi connectivity index (χ3v) is 1.79. The Balaban J connectivity index is 2.20. The normalized spacial score (nSPS) is 14.8. The number of furan rings is 1. The zero-order chi connectivity index (χ0) is 8.39. The van der Waals surface area contributed by atoms with Crippen LogP contribution >= 0.6 is 0 Å². The fraction of sp³-hybridized carbons (Fsp3) is 0.500. The van der Waals surface area contributed by atoms with Gasteiger partial charge >= 0.3 is 5.95 Å². The quantitative estimate of drug-likeness (QED) is 0.678. The minimum absolute atomic E-state index is 0.602. The fourth-order valence-electron chi connectivity index (χ4n) is 1.25. The Morgan fingerprint density at radius 3 is 3.25 bits per heavy atom. The molecule has 1 aromatic rings. The number of hydrogen-bond acceptors (Lipinski definition) is 4. The van der Waals surface area contributed by atoms with Gasteiger partial charge in [0.25, 0.3) is 0 Å². The number of ether oxygens (including phenoxy) is 1. The molecule has 2 heterocycles. The fourth-order valence-corrected chi connectivity index (χ4v) is 1.25. The van der Waals surface area contributed by atoms with E-state index >= 15 is 0 Å². The first kappa shape index (κ1) is 7.49. The molecule has 0 aliphatic carbocycles. The summed E-state index contributed by atoms with van der Waals surface area (Å²) in [5, 5.41) is 3.18. The van der Waals surface area contributed by atoms with E-state index in [-0.39, 0.29) is 0 Å². The summed E-state index contributed by atoms with van der Waals surface area (Å²) >= 11 is 0. The highest BCUT2D eigenvalue weighted by atomic mass is 16.6. The molecule has 0 aromatic carbocycles. The van der Waals surface area contributed by atoms with Crippen molar-refractivity contribution in [3.63, 3.8) is 0 Å². The Hall–Kier alpha value is -1.16. The van der Waals surface area contributed by atoms with Gasteiger partial charge in [0.2, 0.25) is 0 Å². The third-order valence-electron chi connectivity index (χ3n) is 1.79. The van der Waals surface area contributed by atoms with Gasteiger partial charge in [-0.15, -0.1) is 0 Å². The van der Waals surface area contributed by atoms with E-state index in [2.05, 4.69) is 5.32 Å². The van der Waals surface area contributed by atoms with Crippen LogP contribution in [0.15, 0.2) is 10.5 Å². The summed E-state index contributed by atoms with van der Waals surface area (Å²) in [5.74, 6) is 1.49. The van der Waals surface area contributed by atoms with E-state index in [0.717, 1.165) is 24.4 Å². The van der Waals surface area contributed by atoms with Crippen LogP contribution in [-0.2, 0) is 6.42 Å². The van der Waals surface area contributed by atoms with Crippen LogP contribution in [0.1, 0.15) is 5.76 Å². The molecule has 0 bridgehead atoms. The summed E-state index contributed by atoms with van der Waals surface area (Å²) < 4.78 is 10.7. The van der Waals surface area contributed by atoms with Gasteiger partial charge in [0, 0.05) is 19.0 Å². The van der Waals surface area contributed by atoms with Gasteiger partial charge in [-0.2, -0.15) is 0 Å². The highest BCUT2D eigenvalue weighted by molar-refractivity contribution is 5.54. The SMILES string of the molecule is NCCc1cc2c(o1)OCCN2. The number of nitrogens with two attached hydrogens (primary N) is 1. The molecule has 1 aliphatic rings. The molecule has 0 unspecified atom stereocenters. The first-order valence-corrected chi connectivity index (χ1v) is 4.09. The van der Waals surface area contributed by atoms with E-state index in [9.17, 15) is 0 Å². The maximum absolute atomic E-state index is 5.40. The van der Waals surface area contributed by atoms with Gasteiger partial charge in [0.15, 0.2) is 0 Å². The van der Waals surface area contributed by atoms with Crippen LogP contribution in [-0.4, -0.2) is 19.7 Å². The van der Waals surface area contributed by atoms with Crippen molar-refractivity contribution in [2.75, 3.05) is 25.0 Å². The predicted octanol–water partition coefficient (Wildman–Crippen LogP) is 0.585. The summed E-state index contributed by atoms with van der Waals surface area (Å²) in [4.78, 5) is 0. The molecule has 0 saturated carbocycles. The lowest BCUT2D eigenvalue weighted by Gasteiger charge is -2.12. The maximum atomic E-state index is 5.40. The summed E-state index contributed by atoms with van der Waals surface area (Å²) in [6, 6.07) is 1.95. The van der Waals surface area contributed by atoms with Crippen molar-refractivity contribution in [3.8, 4) is 5.95 Å². The van der Waals surface area contributed by atoms with Crippen LogP contribution in [0.3, 0.4) is 0 Å². The number of hydrogen-bond donors (Lipinski definition) is 2. The largest absolute Gasteiger partial charge is 0.462 e. The van der Waals surface area contributed by atoms with Gasteiger partial charge in [0.05, 0.1) is 0 Å². The number of fused-ring (bicyclic) bond motifs is 1. The molecule has 0 fully saturated rings. The smallest absolute Gasteiger partial charge is 0.309 e. The Bertz CT molecular complexity index is 247. The molecule has 0 atom stereocenters. The minimum Gasteiger partial charge on any atom is -0.462 e. The van der Waals surface area contributed by atoms with Gasteiger partial charge in [0.1, 0.15) is 18.1 Å². The topological polar surface area (TPSA) is 60.4 Å². The Morgan fingerprint density at radius 2 is 2.50 bits per heavy atom. The van der Waals surface area contributed by atoms with Crippen molar-refractivity contribution in [2.45, 2.75) is 6.42 Å². The van der Waals surface area contributed by atoms with Crippen LogP contribution in [0, 0.1) is 0 Å². The predicted molar refractivity (Wildman–Crippen MR) is 45.5 cm³/mol. The Labute approximate surface area is 70.7 Å². The summed E-state index contributed by atoms with van der Waals surface area (Å²) in [5.41, 5.74) is 6.35. The first-order chi connectivity index (χ1) is 5.90. The zero-order valence-corrected chi connectivity index (χ0v) is 6.80. The molecular formula is C8H12N2O2. The van der Waals surface area contributed by atoms with Gasteiger partial charge in [-0.05, 0) is 6.54 Å². The lowest BCUT2D eigenvalue weighted by Crippen LogP contribution is -2.16. The molecule has 0 radical (unpaired) electrons. The van der Waals surface area contributed by atoms with Gasteiger partial charge in [-0.3, -0.25) is 0 Å². The van der Waals surface area contributed by atoms with E-state index in [4.69, 9.17) is 14.9 Å². The second kappa shape index (κ2) is 3.06. The lowest BCUT2D eigenvalue weighted by molar-refractivity contribution is 0.240. The van der Waals surface area contributed by atoms with Crippen molar-refractivity contribution < 1.29 is 9.15 Å². The summed E-state index contributed by atoms with van der Waals surface area (Å²) in [7, 11) is 0. The Morgan fingerprint density at radius 1 is 1.58 bits per heavy atom. The van der Waals surface area contributed by atoms with Crippen molar-refractivity contribution in [3.05, 3.63) is 11.8 Å². The van der Waals surface area contributed by atoms with Gasteiger partial charge in [-0.1, -0.05) is 0 Å². The van der Waals surface area contributed by atoms with Gasteiger partial charge in [-0.25, -0.2) is 0 Å². The molecule has 0 spiro atoms. The van der Waals surface area contributed by atoms with Crippen LogP contribution in [0.5, 0.6) is 5.95 Å². The Kier molecular flexibility index (Phi) is 1.91. The van der Waals surface area contributed by atoms with E-state index in [1.807, 2.05) is 6.07 Å². The van der Waals surface area contributed by atoms with Crippen molar-refractivity contribution in [2.24, 2.45) is 5.73 Å². The zero-order valence-electron chi connectivity index (χ0n) is 6.80. The molecule has 4 nitrogen and oxygen atoms in total. The molecule has 1 aromatic heterocycles. The molecule has 2 rings (SSSR count). The number of anilines is 1. The van der Waals surface area contributed by atoms with Crippen molar-refractivity contribution in [1.82, 2.24) is 0 Å². The molecule has 12 heavy (non-hydrogen) atoms. The van der Waals surface area contributed by atoms with E-state index in [1.54, 1.807) is 0 Å². The molecule has 0 saturated heterocycles. The number of rotatable bonds is 2. The summed E-state index contributed by atoms with van der Waals surface area (Å²) in [6.45, 7) is 2.11. The first-order valence-electron chi connectivity index (χ1n) is 4.09. The summed E-state index contributed by atoms with van der Waals surface area (Å²) in [6.07, 6.45) is 0.762. The molecule has 1 aliphatic heterocycles. The van der Waals surface area contributed by atoms with E-state index in [1.165, 1.54) is 0 Å². The molecule has 66 valence electrons. The second-order valence-electron chi connectivity index (χ2n) is 2.73. The van der Waals surface area contributed by atoms with E-state index in [0.29, 0.717) is 19.1 Å². The van der Waals surface area contributed by atoms with Gasteiger partial charge < -0.3 is 20.2 Å². The van der Waals surface area contributed by atoms with Crippen LogP contribution in [0.4, 0.5) is 5.69 Å². The molecular weight excluding hydrogens is 156 g/mol. The third kappa shape index (κ3) is 1.25.